The van der Waals surface area contributed by atoms with Gasteiger partial charge in [-0.2, -0.15) is 13.2 Å². The first kappa shape index (κ1) is 17.6. The van der Waals surface area contributed by atoms with Crippen LogP contribution in [0.4, 0.5) is 13.2 Å². The van der Waals surface area contributed by atoms with Gasteiger partial charge in [-0.25, -0.2) is 0 Å². The zero-order chi connectivity index (χ0) is 15.9. The molecule has 1 aromatic carbocycles. The Balaban J connectivity index is 2.71. The molecule has 1 rings (SSSR count). The number of nitrogens with two attached hydrogens (primary N) is 1. The molecule has 0 radical (unpaired) electrons. The van der Waals surface area contributed by atoms with E-state index in [1.807, 2.05) is 13.8 Å². The predicted molar refractivity (Wildman–Crippen MR) is 75.6 cm³/mol. The molecule has 0 aliphatic rings. The smallest absolute Gasteiger partial charge is 0.389 e. The van der Waals surface area contributed by atoms with Crippen molar-refractivity contribution in [2.24, 2.45) is 5.73 Å². The average molecular weight is 305 g/mol. The van der Waals surface area contributed by atoms with Crippen molar-refractivity contribution < 1.29 is 22.6 Å². The molecule has 21 heavy (non-hydrogen) atoms. The first-order chi connectivity index (χ1) is 9.87. The van der Waals surface area contributed by atoms with Crippen LogP contribution in [0.2, 0.25) is 0 Å². The summed E-state index contributed by atoms with van der Waals surface area (Å²) in [6.45, 7) is 4.71. The number of alkyl halides is 3. The highest BCUT2D eigenvalue weighted by Crippen LogP contribution is 2.32. The van der Waals surface area contributed by atoms with E-state index in [1.165, 1.54) is 0 Å². The Kier molecular flexibility index (Phi) is 6.81. The van der Waals surface area contributed by atoms with Crippen LogP contribution in [0.5, 0.6) is 11.5 Å². The summed E-state index contributed by atoms with van der Waals surface area (Å²) in [5.41, 5.74) is 6.70. The van der Waals surface area contributed by atoms with E-state index >= 15 is 0 Å². The lowest BCUT2D eigenvalue weighted by Crippen LogP contribution is -2.13. The third-order valence-electron chi connectivity index (χ3n) is 2.97. The van der Waals surface area contributed by atoms with Crippen molar-refractivity contribution in [2.75, 3.05) is 13.2 Å². The summed E-state index contributed by atoms with van der Waals surface area (Å²) in [5.74, 6) is 1.19. The van der Waals surface area contributed by atoms with Crippen molar-refractivity contribution in [3.05, 3.63) is 23.8 Å². The van der Waals surface area contributed by atoms with Gasteiger partial charge in [0, 0.05) is 12.5 Å². The SMILES string of the molecule is CCOc1ccc(C(N)CCCC(F)(F)F)cc1OCC. The average Bonchev–Trinajstić information content (AvgIpc) is 2.39. The van der Waals surface area contributed by atoms with Gasteiger partial charge in [-0.15, -0.1) is 0 Å². The van der Waals surface area contributed by atoms with E-state index in [9.17, 15) is 13.2 Å². The van der Waals surface area contributed by atoms with Crippen LogP contribution in [-0.4, -0.2) is 19.4 Å². The van der Waals surface area contributed by atoms with Gasteiger partial charge in [-0.1, -0.05) is 6.07 Å². The van der Waals surface area contributed by atoms with Crippen LogP contribution in [-0.2, 0) is 0 Å². The number of ether oxygens (including phenoxy) is 2. The predicted octanol–water partition coefficient (Wildman–Crippen LogP) is 4.22. The number of rotatable bonds is 8. The van der Waals surface area contributed by atoms with Gasteiger partial charge in [0.2, 0.25) is 0 Å². The molecule has 0 aromatic heterocycles. The van der Waals surface area contributed by atoms with Crippen LogP contribution in [0.3, 0.4) is 0 Å². The number of halogens is 3. The molecular weight excluding hydrogens is 283 g/mol. The standard InChI is InChI=1S/C15H22F3NO2/c1-3-20-13-8-7-11(10-14(13)21-4-2)12(19)6-5-9-15(16,17)18/h7-8,10,12H,3-6,9,19H2,1-2H3. The molecule has 0 heterocycles. The van der Waals surface area contributed by atoms with E-state index in [4.69, 9.17) is 15.2 Å². The first-order valence-corrected chi connectivity index (χ1v) is 7.09. The van der Waals surface area contributed by atoms with Gasteiger partial charge in [0.15, 0.2) is 11.5 Å². The molecule has 0 aliphatic heterocycles. The van der Waals surface area contributed by atoms with E-state index in [0.717, 1.165) is 5.56 Å². The summed E-state index contributed by atoms with van der Waals surface area (Å²) in [6.07, 6.45) is -4.65. The molecule has 2 N–H and O–H groups in total. The molecule has 0 amide bonds. The van der Waals surface area contributed by atoms with Crippen molar-refractivity contribution in [1.29, 1.82) is 0 Å². The molecule has 0 bridgehead atoms. The van der Waals surface area contributed by atoms with Crippen LogP contribution in [0.1, 0.15) is 44.7 Å². The maximum absolute atomic E-state index is 12.1. The van der Waals surface area contributed by atoms with Crippen molar-refractivity contribution in [2.45, 2.75) is 45.3 Å². The van der Waals surface area contributed by atoms with Crippen molar-refractivity contribution in [1.82, 2.24) is 0 Å². The molecule has 120 valence electrons. The van der Waals surface area contributed by atoms with E-state index < -0.39 is 18.6 Å². The van der Waals surface area contributed by atoms with Gasteiger partial charge in [0.05, 0.1) is 13.2 Å². The van der Waals surface area contributed by atoms with Crippen LogP contribution in [0.25, 0.3) is 0 Å². The Labute approximate surface area is 123 Å². The second-order valence-electron chi connectivity index (χ2n) is 4.69. The third kappa shape index (κ3) is 6.25. The summed E-state index contributed by atoms with van der Waals surface area (Å²) in [4.78, 5) is 0. The fraction of sp³-hybridized carbons (Fsp3) is 0.600. The molecular formula is C15H22F3NO2. The van der Waals surface area contributed by atoms with E-state index in [-0.39, 0.29) is 12.8 Å². The molecule has 1 unspecified atom stereocenters. The molecule has 0 saturated heterocycles. The van der Waals surface area contributed by atoms with Gasteiger partial charge in [0.25, 0.3) is 0 Å². The molecule has 0 spiro atoms. The fourth-order valence-corrected chi connectivity index (χ4v) is 1.99. The lowest BCUT2D eigenvalue weighted by atomic mass is 10.0. The summed E-state index contributed by atoms with van der Waals surface area (Å²) in [6, 6.07) is 4.81. The Morgan fingerprint density at radius 3 is 2.29 bits per heavy atom. The second-order valence-corrected chi connectivity index (χ2v) is 4.69. The third-order valence-corrected chi connectivity index (χ3v) is 2.97. The Hall–Kier alpha value is -1.43. The lowest BCUT2D eigenvalue weighted by Gasteiger charge is -2.16. The second kappa shape index (κ2) is 8.12. The molecule has 0 saturated carbocycles. The zero-order valence-corrected chi connectivity index (χ0v) is 12.4. The van der Waals surface area contributed by atoms with Crippen molar-refractivity contribution >= 4 is 0 Å². The maximum atomic E-state index is 12.1. The van der Waals surface area contributed by atoms with Crippen LogP contribution in [0.15, 0.2) is 18.2 Å². The van der Waals surface area contributed by atoms with Crippen molar-refractivity contribution in [3.8, 4) is 11.5 Å². The largest absolute Gasteiger partial charge is 0.490 e. The molecule has 1 atom stereocenters. The minimum absolute atomic E-state index is 0.0157. The van der Waals surface area contributed by atoms with Gasteiger partial charge >= 0.3 is 6.18 Å². The quantitative estimate of drug-likeness (QED) is 0.782. The molecule has 6 heteroatoms. The van der Waals surface area contributed by atoms with Gasteiger partial charge in [-0.3, -0.25) is 0 Å². The summed E-state index contributed by atoms with van der Waals surface area (Å²) >= 11 is 0. The normalized spacial score (nSPS) is 13.0. The van der Waals surface area contributed by atoms with E-state index in [1.54, 1.807) is 18.2 Å². The Bertz CT molecular complexity index is 435. The Morgan fingerprint density at radius 1 is 1.10 bits per heavy atom. The highest BCUT2D eigenvalue weighted by atomic mass is 19.4. The minimum Gasteiger partial charge on any atom is -0.490 e. The van der Waals surface area contributed by atoms with Crippen LogP contribution < -0.4 is 15.2 Å². The zero-order valence-electron chi connectivity index (χ0n) is 12.4. The van der Waals surface area contributed by atoms with Crippen molar-refractivity contribution in [3.63, 3.8) is 0 Å². The first-order valence-electron chi connectivity index (χ1n) is 7.09. The number of benzene rings is 1. The molecule has 3 nitrogen and oxygen atoms in total. The van der Waals surface area contributed by atoms with E-state index in [0.29, 0.717) is 24.7 Å². The highest BCUT2D eigenvalue weighted by Gasteiger charge is 2.26. The van der Waals surface area contributed by atoms with E-state index in [2.05, 4.69) is 0 Å². The number of hydrogen-bond acceptors (Lipinski definition) is 3. The maximum Gasteiger partial charge on any atom is 0.389 e. The molecule has 0 aliphatic carbocycles. The topological polar surface area (TPSA) is 44.5 Å². The van der Waals surface area contributed by atoms with Crippen LogP contribution in [0, 0.1) is 0 Å². The molecule has 1 aromatic rings. The van der Waals surface area contributed by atoms with Gasteiger partial charge in [0.1, 0.15) is 0 Å². The summed E-state index contributed by atoms with van der Waals surface area (Å²) < 4.78 is 47.3. The Morgan fingerprint density at radius 2 is 1.71 bits per heavy atom. The lowest BCUT2D eigenvalue weighted by molar-refractivity contribution is -0.135. The summed E-state index contributed by atoms with van der Waals surface area (Å²) in [7, 11) is 0. The molecule has 0 fully saturated rings. The summed E-state index contributed by atoms with van der Waals surface area (Å²) in [5, 5.41) is 0. The minimum atomic E-state index is -4.13. The monoisotopic (exact) mass is 305 g/mol. The van der Waals surface area contributed by atoms with Gasteiger partial charge < -0.3 is 15.2 Å². The van der Waals surface area contributed by atoms with Gasteiger partial charge in [-0.05, 0) is 44.4 Å². The highest BCUT2D eigenvalue weighted by molar-refractivity contribution is 5.43. The number of hydrogen-bond donors (Lipinski definition) is 1. The van der Waals surface area contributed by atoms with Crippen LogP contribution >= 0.6 is 0 Å². The fourth-order valence-electron chi connectivity index (χ4n) is 1.99.